The van der Waals surface area contributed by atoms with Gasteiger partial charge < -0.3 is 14.2 Å². The maximum absolute atomic E-state index is 12.8. The number of rotatable bonds is 50. The Balaban J connectivity index is 4.31. The van der Waals surface area contributed by atoms with Gasteiger partial charge >= 0.3 is 17.9 Å². The number of esters is 3. The van der Waals surface area contributed by atoms with Gasteiger partial charge in [0.25, 0.3) is 0 Å². The summed E-state index contributed by atoms with van der Waals surface area (Å²) in [6.45, 7) is 13.7. The Labute approximate surface area is 393 Å². The molecule has 0 unspecified atom stereocenters. The van der Waals surface area contributed by atoms with Gasteiger partial charge in [0, 0.05) is 19.3 Å². The first-order valence-electron chi connectivity index (χ1n) is 28.1. The number of unbranched alkanes of at least 4 members (excludes halogenated alkanes) is 33. The van der Waals surface area contributed by atoms with Gasteiger partial charge in [-0.1, -0.05) is 273 Å². The van der Waals surface area contributed by atoms with Crippen molar-refractivity contribution >= 4 is 17.9 Å². The molecule has 63 heavy (non-hydrogen) atoms. The second-order valence-corrected chi connectivity index (χ2v) is 21.0. The third kappa shape index (κ3) is 51.3. The van der Waals surface area contributed by atoms with Crippen LogP contribution >= 0.6 is 0 Å². The molecule has 6 heteroatoms. The van der Waals surface area contributed by atoms with E-state index in [1.807, 2.05) is 0 Å². The molecule has 374 valence electrons. The van der Waals surface area contributed by atoms with E-state index in [2.05, 4.69) is 41.5 Å². The predicted octanol–water partition coefficient (Wildman–Crippen LogP) is 18.3. The molecule has 0 N–H and O–H groups in total. The zero-order chi connectivity index (χ0) is 46.3. The number of hydrogen-bond donors (Lipinski definition) is 0. The molecule has 0 saturated carbocycles. The largest absolute Gasteiger partial charge is 0.462 e. The van der Waals surface area contributed by atoms with Crippen molar-refractivity contribution in [2.45, 2.75) is 317 Å². The van der Waals surface area contributed by atoms with Gasteiger partial charge in [-0.2, -0.15) is 0 Å². The third-order valence-corrected chi connectivity index (χ3v) is 12.9. The molecule has 0 bridgehead atoms. The van der Waals surface area contributed by atoms with Crippen molar-refractivity contribution < 1.29 is 28.6 Å². The quantitative estimate of drug-likeness (QED) is 0.0344. The standard InChI is InChI=1S/C57H110O6/c1-51(2)43-37-31-25-19-13-8-7-9-16-22-28-34-40-46-55(58)61-49-54(50-62-56(59)47-41-35-29-23-18-12-15-21-27-33-39-45-53(5)6)63-57(60)48-42-36-30-24-17-11-10-14-20-26-32-38-44-52(3)4/h51-54H,7-50H2,1-6H3/t54-/m1/s1. The van der Waals surface area contributed by atoms with E-state index in [0.29, 0.717) is 19.3 Å². The van der Waals surface area contributed by atoms with Gasteiger partial charge in [0.1, 0.15) is 13.2 Å². The van der Waals surface area contributed by atoms with Crippen LogP contribution in [-0.4, -0.2) is 37.2 Å². The van der Waals surface area contributed by atoms with Crippen molar-refractivity contribution in [2.24, 2.45) is 17.8 Å². The SMILES string of the molecule is CC(C)CCCCCCCCCCCCCCCC(=O)OC[C@H](COC(=O)CCCCCCCCCCCCCC(C)C)OC(=O)CCCCCCCCCCCCCCC(C)C. The van der Waals surface area contributed by atoms with Crippen LogP contribution < -0.4 is 0 Å². The van der Waals surface area contributed by atoms with Gasteiger partial charge in [0.2, 0.25) is 0 Å². The fraction of sp³-hybridized carbons (Fsp3) is 0.947. The maximum Gasteiger partial charge on any atom is 0.306 e. The fourth-order valence-corrected chi connectivity index (χ4v) is 8.65. The normalized spacial score (nSPS) is 12.1. The van der Waals surface area contributed by atoms with Gasteiger partial charge in [0.15, 0.2) is 6.10 Å². The molecule has 0 aromatic heterocycles. The molecule has 0 amide bonds. The first-order valence-corrected chi connectivity index (χ1v) is 28.1. The monoisotopic (exact) mass is 891 g/mol. The number of carbonyl (C=O) groups is 3. The van der Waals surface area contributed by atoms with E-state index >= 15 is 0 Å². The zero-order valence-electron chi connectivity index (χ0n) is 43.4. The van der Waals surface area contributed by atoms with Crippen LogP contribution in [0.4, 0.5) is 0 Å². The first kappa shape index (κ1) is 61.4. The van der Waals surface area contributed by atoms with E-state index in [-0.39, 0.29) is 31.1 Å². The van der Waals surface area contributed by atoms with Crippen molar-refractivity contribution in [1.29, 1.82) is 0 Å². The number of hydrogen-bond acceptors (Lipinski definition) is 6. The van der Waals surface area contributed by atoms with Crippen molar-refractivity contribution in [3.63, 3.8) is 0 Å². The minimum absolute atomic E-state index is 0.0638. The van der Waals surface area contributed by atoms with Gasteiger partial charge in [0.05, 0.1) is 0 Å². The highest BCUT2D eigenvalue weighted by Crippen LogP contribution is 2.18. The van der Waals surface area contributed by atoms with Crippen LogP contribution in [0, 0.1) is 17.8 Å². The van der Waals surface area contributed by atoms with Crippen LogP contribution in [-0.2, 0) is 28.6 Å². The lowest BCUT2D eigenvalue weighted by atomic mass is 10.0. The molecule has 0 radical (unpaired) electrons. The zero-order valence-corrected chi connectivity index (χ0v) is 43.4. The molecule has 6 nitrogen and oxygen atoms in total. The van der Waals surface area contributed by atoms with E-state index < -0.39 is 6.10 Å². The van der Waals surface area contributed by atoms with E-state index in [0.717, 1.165) is 75.5 Å². The Kier molecular flexibility index (Phi) is 47.1. The summed E-state index contributed by atoms with van der Waals surface area (Å²) in [5.41, 5.74) is 0. The fourth-order valence-electron chi connectivity index (χ4n) is 8.65. The third-order valence-electron chi connectivity index (χ3n) is 12.9. The van der Waals surface area contributed by atoms with Crippen molar-refractivity contribution in [2.75, 3.05) is 13.2 Å². The molecular formula is C57H110O6. The van der Waals surface area contributed by atoms with Crippen molar-refractivity contribution in [3.8, 4) is 0 Å². The van der Waals surface area contributed by atoms with Crippen LogP contribution in [0.25, 0.3) is 0 Å². The summed E-state index contributed by atoms with van der Waals surface area (Å²) < 4.78 is 16.9. The lowest BCUT2D eigenvalue weighted by Crippen LogP contribution is -2.30. The van der Waals surface area contributed by atoms with E-state index in [1.165, 1.54) is 193 Å². The first-order chi connectivity index (χ1) is 30.6. The summed E-state index contributed by atoms with van der Waals surface area (Å²) in [5.74, 6) is 1.65. The predicted molar refractivity (Wildman–Crippen MR) is 270 cm³/mol. The summed E-state index contributed by atoms with van der Waals surface area (Å²) in [7, 11) is 0. The van der Waals surface area contributed by atoms with Crippen LogP contribution in [0.2, 0.25) is 0 Å². The van der Waals surface area contributed by atoms with Crippen molar-refractivity contribution in [3.05, 3.63) is 0 Å². The molecular weight excluding hydrogens is 781 g/mol. The lowest BCUT2D eigenvalue weighted by molar-refractivity contribution is -0.167. The second kappa shape index (κ2) is 48.3. The summed E-state index contributed by atoms with van der Waals surface area (Å²) in [5, 5.41) is 0. The molecule has 0 aromatic rings. The highest BCUT2D eigenvalue weighted by molar-refractivity contribution is 5.71. The summed E-state index contributed by atoms with van der Waals surface area (Å²) in [6, 6.07) is 0. The van der Waals surface area contributed by atoms with E-state index in [1.54, 1.807) is 0 Å². The molecule has 0 aliphatic rings. The summed E-state index contributed by atoms with van der Waals surface area (Å²) >= 11 is 0. The van der Waals surface area contributed by atoms with E-state index in [4.69, 9.17) is 14.2 Å². The molecule has 0 fully saturated rings. The number of carbonyl (C=O) groups excluding carboxylic acids is 3. The van der Waals surface area contributed by atoms with Crippen LogP contribution in [0.15, 0.2) is 0 Å². The minimum atomic E-state index is -0.763. The molecule has 0 saturated heterocycles. The smallest absolute Gasteiger partial charge is 0.306 e. The molecule has 0 heterocycles. The Morgan fingerprint density at radius 2 is 0.460 bits per heavy atom. The number of ether oxygens (including phenoxy) is 3. The molecule has 0 aliphatic carbocycles. The molecule has 0 aromatic carbocycles. The second-order valence-electron chi connectivity index (χ2n) is 21.0. The molecule has 0 spiro atoms. The van der Waals surface area contributed by atoms with Gasteiger partial charge in [-0.3, -0.25) is 14.4 Å². The Bertz CT molecular complexity index is 976. The molecule has 0 rings (SSSR count). The topological polar surface area (TPSA) is 78.9 Å². The van der Waals surface area contributed by atoms with Crippen LogP contribution in [0.1, 0.15) is 311 Å². The molecule has 0 aliphatic heterocycles. The lowest BCUT2D eigenvalue weighted by Gasteiger charge is -2.18. The average Bonchev–Trinajstić information content (AvgIpc) is 3.24. The van der Waals surface area contributed by atoms with Gasteiger partial charge in [-0.15, -0.1) is 0 Å². The Morgan fingerprint density at radius 3 is 0.683 bits per heavy atom. The van der Waals surface area contributed by atoms with E-state index in [9.17, 15) is 14.4 Å². The van der Waals surface area contributed by atoms with Crippen molar-refractivity contribution in [1.82, 2.24) is 0 Å². The van der Waals surface area contributed by atoms with Crippen LogP contribution in [0.3, 0.4) is 0 Å². The van der Waals surface area contributed by atoms with Gasteiger partial charge in [-0.05, 0) is 37.0 Å². The average molecular weight is 892 g/mol. The Hall–Kier alpha value is -1.59. The highest BCUT2D eigenvalue weighted by Gasteiger charge is 2.19. The summed E-state index contributed by atoms with van der Waals surface area (Å²) in [4.78, 5) is 38.1. The summed E-state index contributed by atoms with van der Waals surface area (Å²) in [6.07, 6.45) is 49.5. The van der Waals surface area contributed by atoms with Crippen LogP contribution in [0.5, 0.6) is 0 Å². The minimum Gasteiger partial charge on any atom is -0.462 e. The highest BCUT2D eigenvalue weighted by atomic mass is 16.6. The maximum atomic E-state index is 12.8. The Morgan fingerprint density at radius 1 is 0.270 bits per heavy atom. The molecule has 1 atom stereocenters. The van der Waals surface area contributed by atoms with Gasteiger partial charge in [-0.25, -0.2) is 0 Å².